The van der Waals surface area contributed by atoms with Crippen LogP contribution in [0.25, 0.3) is 11.8 Å². The Balaban J connectivity index is 2.09. The molecular formula is C19H19BrN2OS2. The molecule has 0 N–H and O–H groups in total. The summed E-state index contributed by atoms with van der Waals surface area (Å²) in [5.41, 5.74) is 6.84. The van der Waals surface area contributed by atoms with Crippen molar-refractivity contribution in [3.05, 3.63) is 55.7 Å². The van der Waals surface area contributed by atoms with Gasteiger partial charge in [0, 0.05) is 28.6 Å². The Hall–Kier alpha value is -1.37. The van der Waals surface area contributed by atoms with E-state index in [0.717, 1.165) is 27.1 Å². The van der Waals surface area contributed by atoms with Crippen molar-refractivity contribution in [2.75, 3.05) is 7.05 Å². The molecule has 0 bridgehead atoms. The molecule has 3 rings (SSSR count). The highest BCUT2D eigenvalue weighted by Crippen LogP contribution is 2.33. The summed E-state index contributed by atoms with van der Waals surface area (Å²) in [6.45, 7) is 8.37. The number of aryl methyl sites for hydroxylation is 3. The zero-order valence-corrected chi connectivity index (χ0v) is 18.0. The quantitative estimate of drug-likeness (QED) is 0.473. The molecule has 0 atom stereocenters. The second-order valence-corrected chi connectivity index (χ2v) is 8.76. The van der Waals surface area contributed by atoms with Gasteiger partial charge < -0.3 is 4.57 Å². The molecule has 2 heterocycles. The maximum atomic E-state index is 12.3. The second kappa shape index (κ2) is 6.74. The van der Waals surface area contributed by atoms with Crippen molar-refractivity contribution in [1.82, 2.24) is 9.47 Å². The fourth-order valence-electron chi connectivity index (χ4n) is 3.07. The Morgan fingerprint density at radius 2 is 1.72 bits per heavy atom. The van der Waals surface area contributed by atoms with Crippen molar-refractivity contribution >= 4 is 56.2 Å². The van der Waals surface area contributed by atoms with Crippen molar-refractivity contribution in [1.29, 1.82) is 0 Å². The molecule has 0 saturated carbocycles. The minimum absolute atomic E-state index is 0.0323. The molecule has 1 amide bonds. The molecule has 1 aromatic heterocycles. The summed E-state index contributed by atoms with van der Waals surface area (Å²) >= 11 is 10.2. The summed E-state index contributed by atoms with van der Waals surface area (Å²) in [6.07, 6.45) is 1.94. The zero-order valence-electron chi connectivity index (χ0n) is 14.8. The van der Waals surface area contributed by atoms with Gasteiger partial charge in [-0.05, 0) is 68.7 Å². The number of aromatic nitrogens is 1. The summed E-state index contributed by atoms with van der Waals surface area (Å²) in [4.78, 5) is 14.5. The van der Waals surface area contributed by atoms with E-state index in [1.54, 1.807) is 7.05 Å². The van der Waals surface area contributed by atoms with Gasteiger partial charge in [0.25, 0.3) is 5.91 Å². The summed E-state index contributed by atoms with van der Waals surface area (Å²) in [5, 5.41) is 0. The number of hydrogen-bond acceptors (Lipinski definition) is 3. The molecule has 1 fully saturated rings. The summed E-state index contributed by atoms with van der Waals surface area (Å²) in [6, 6.07) is 6.46. The molecule has 1 aliphatic heterocycles. The van der Waals surface area contributed by atoms with Gasteiger partial charge in [-0.1, -0.05) is 39.9 Å². The Morgan fingerprint density at radius 3 is 2.24 bits per heavy atom. The van der Waals surface area contributed by atoms with E-state index in [1.165, 1.54) is 27.8 Å². The van der Waals surface area contributed by atoms with E-state index >= 15 is 0 Å². The van der Waals surface area contributed by atoms with Crippen LogP contribution in [0.2, 0.25) is 0 Å². The Labute approximate surface area is 166 Å². The average molecular weight is 435 g/mol. The number of thiocarbonyl (C=S) groups is 1. The molecular weight excluding hydrogens is 416 g/mol. The highest BCUT2D eigenvalue weighted by atomic mass is 79.9. The van der Waals surface area contributed by atoms with Crippen molar-refractivity contribution in [2.24, 2.45) is 0 Å². The van der Waals surface area contributed by atoms with Crippen molar-refractivity contribution in [3.8, 4) is 5.69 Å². The average Bonchev–Trinajstić information content (AvgIpc) is 2.95. The van der Waals surface area contributed by atoms with E-state index in [4.69, 9.17) is 12.2 Å². The van der Waals surface area contributed by atoms with Crippen LogP contribution in [0.15, 0.2) is 27.6 Å². The number of thioether (sulfide) groups is 1. The minimum Gasteiger partial charge on any atom is -0.318 e. The number of halogens is 1. The van der Waals surface area contributed by atoms with Gasteiger partial charge in [-0.2, -0.15) is 0 Å². The number of nitrogens with zero attached hydrogens (tertiary/aromatic N) is 2. The molecule has 0 unspecified atom stereocenters. The molecule has 25 heavy (non-hydrogen) atoms. The maximum Gasteiger partial charge on any atom is 0.265 e. The maximum absolute atomic E-state index is 12.3. The van der Waals surface area contributed by atoms with Crippen LogP contribution < -0.4 is 0 Å². The SMILES string of the molecule is Cc1cc(-n2c(C)cc(/C=C3\SC(=S)N(C)C3=O)c2C)cc(C)c1Br. The summed E-state index contributed by atoms with van der Waals surface area (Å²) < 4.78 is 3.97. The Bertz CT molecular complexity index is 920. The van der Waals surface area contributed by atoms with Crippen LogP contribution in [-0.4, -0.2) is 26.7 Å². The lowest BCUT2D eigenvalue weighted by Gasteiger charge is -2.13. The van der Waals surface area contributed by atoms with Gasteiger partial charge in [-0.25, -0.2) is 0 Å². The topological polar surface area (TPSA) is 25.2 Å². The van der Waals surface area contributed by atoms with Gasteiger partial charge in [-0.15, -0.1) is 0 Å². The number of likely N-dealkylation sites (N-methyl/N-ethyl adjacent to an activating group) is 1. The van der Waals surface area contributed by atoms with E-state index in [9.17, 15) is 4.79 Å². The molecule has 1 saturated heterocycles. The van der Waals surface area contributed by atoms with E-state index in [-0.39, 0.29) is 5.91 Å². The molecule has 1 aromatic carbocycles. The highest BCUT2D eigenvalue weighted by Gasteiger charge is 2.29. The largest absolute Gasteiger partial charge is 0.318 e. The number of benzene rings is 1. The van der Waals surface area contributed by atoms with E-state index in [1.807, 2.05) is 6.08 Å². The summed E-state index contributed by atoms with van der Waals surface area (Å²) in [5.74, 6) is -0.0323. The smallest absolute Gasteiger partial charge is 0.265 e. The first-order valence-corrected chi connectivity index (χ1v) is 9.90. The number of amides is 1. The highest BCUT2D eigenvalue weighted by molar-refractivity contribution is 9.10. The third kappa shape index (κ3) is 3.23. The molecule has 6 heteroatoms. The first-order valence-electron chi connectivity index (χ1n) is 7.88. The van der Waals surface area contributed by atoms with Gasteiger partial charge in [0.05, 0.1) is 4.91 Å². The van der Waals surface area contributed by atoms with Gasteiger partial charge >= 0.3 is 0 Å². The monoisotopic (exact) mass is 434 g/mol. The standard InChI is InChI=1S/C19H19BrN2OS2/c1-10-6-15(7-11(2)17(10)20)22-12(3)8-14(13(22)4)9-16-18(23)21(5)19(24)25-16/h6-9H,1-5H3/b16-9-. The lowest BCUT2D eigenvalue weighted by molar-refractivity contribution is -0.121. The van der Waals surface area contributed by atoms with Crippen molar-refractivity contribution < 1.29 is 4.79 Å². The normalized spacial score (nSPS) is 16.4. The van der Waals surface area contributed by atoms with Crippen LogP contribution >= 0.6 is 39.9 Å². The molecule has 0 aliphatic carbocycles. The van der Waals surface area contributed by atoms with Crippen molar-refractivity contribution in [2.45, 2.75) is 27.7 Å². The van der Waals surface area contributed by atoms with Crippen LogP contribution in [0, 0.1) is 27.7 Å². The molecule has 3 nitrogen and oxygen atoms in total. The van der Waals surface area contributed by atoms with Crippen LogP contribution in [0.1, 0.15) is 28.1 Å². The number of carbonyl (C=O) groups is 1. The predicted molar refractivity (Wildman–Crippen MR) is 113 cm³/mol. The third-order valence-electron chi connectivity index (χ3n) is 4.42. The molecule has 1 aliphatic rings. The van der Waals surface area contributed by atoms with Gasteiger partial charge in [0.1, 0.15) is 4.32 Å². The fraction of sp³-hybridized carbons (Fsp3) is 0.263. The number of rotatable bonds is 2. The van der Waals surface area contributed by atoms with Gasteiger partial charge in [-0.3, -0.25) is 9.69 Å². The second-order valence-electron chi connectivity index (χ2n) is 6.30. The van der Waals surface area contributed by atoms with Crippen molar-refractivity contribution in [3.63, 3.8) is 0 Å². The van der Waals surface area contributed by atoms with E-state index in [2.05, 4.69) is 66.4 Å². The van der Waals surface area contributed by atoms with Crippen LogP contribution in [0.4, 0.5) is 0 Å². The lowest BCUT2D eigenvalue weighted by atomic mass is 10.1. The van der Waals surface area contributed by atoms with Gasteiger partial charge in [0.15, 0.2) is 0 Å². The number of hydrogen-bond donors (Lipinski definition) is 0. The lowest BCUT2D eigenvalue weighted by Crippen LogP contribution is -2.22. The Morgan fingerprint density at radius 1 is 1.12 bits per heavy atom. The van der Waals surface area contributed by atoms with Crippen LogP contribution in [-0.2, 0) is 4.79 Å². The van der Waals surface area contributed by atoms with Crippen LogP contribution in [0.5, 0.6) is 0 Å². The molecule has 0 radical (unpaired) electrons. The fourth-order valence-corrected chi connectivity index (χ4v) is 4.47. The van der Waals surface area contributed by atoms with E-state index < -0.39 is 0 Å². The minimum atomic E-state index is -0.0323. The molecule has 130 valence electrons. The first kappa shape index (κ1) is 18.4. The third-order valence-corrected chi connectivity index (χ3v) is 7.16. The van der Waals surface area contributed by atoms with Gasteiger partial charge in [0.2, 0.25) is 0 Å². The zero-order chi connectivity index (χ0) is 18.5. The summed E-state index contributed by atoms with van der Waals surface area (Å²) in [7, 11) is 1.72. The first-order chi connectivity index (χ1) is 11.7. The number of carbonyl (C=O) groups excluding carboxylic acids is 1. The molecule has 0 spiro atoms. The van der Waals surface area contributed by atoms with E-state index in [0.29, 0.717) is 9.23 Å². The van der Waals surface area contributed by atoms with Crippen LogP contribution in [0.3, 0.4) is 0 Å². The predicted octanol–water partition coefficient (Wildman–Crippen LogP) is 5.30. The molecule has 2 aromatic rings. The Kier molecular flexibility index (Phi) is 4.97.